The van der Waals surface area contributed by atoms with Crippen molar-refractivity contribution in [2.75, 3.05) is 0 Å². The Morgan fingerprint density at radius 1 is 1.31 bits per heavy atom. The van der Waals surface area contributed by atoms with Crippen LogP contribution in [0, 0.1) is 5.41 Å². The normalized spacial score (nSPS) is 11.4. The second-order valence-electron chi connectivity index (χ2n) is 3.12. The van der Waals surface area contributed by atoms with Crippen molar-refractivity contribution in [3.8, 4) is 0 Å². The molecule has 1 N–H and O–H groups in total. The fourth-order valence-corrected chi connectivity index (χ4v) is 1.14. The van der Waals surface area contributed by atoms with E-state index in [2.05, 4.69) is 19.9 Å². The Labute approximate surface area is 79.6 Å². The average Bonchev–Trinajstić information content (AvgIpc) is 2.18. The van der Waals surface area contributed by atoms with Crippen molar-refractivity contribution in [2.45, 2.75) is 20.3 Å². The van der Waals surface area contributed by atoms with Gasteiger partial charge in [-0.2, -0.15) is 0 Å². The van der Waals surface area contributed by atoms with Gasteiger partial charge in [-0.05, 0) is 24.5 Å². The SMILES string of the molecule is CC/C(C)=C\c1ccccc1C=N. The van der Waals surface area contributed by atoms with E-state index in [4.69, 9.17) is 5.41 Å². The monoisotopic (exact) mass is 173 g/mol. The lowest BCUT2D eigenvalue weighted by Gasteiger charge is -2.00. The van der Waals surface area contributed by atoms with Crippen molar-refractivity contribution < 1.29 is 0 Å². The lowest BCUT2D eigenvalue weighted by molar-refractivity contribution is 1.11. The van der Waals surface area contributed by atoms with E-state index < -0.39 is 0 Å². The molecule has 0 saturated heterocycles. The molecule has 0 aliphatic carbocycles. The summed E-state index contributed by atoms with van der Waals surface area (Å²) in [4.78, 5) is 0. The summed E-state index contributed by atoms with van der Waals surface area (Å²) in [6.07, 6.45) is 4.60. The minimum atomic E-state index is 0.982. The number of nitrogens with one attached hydrogen (secondary N) is 1. The number of allylic oxidation sites excluding steroid dienone is 1. The Bertz CT molecular complexity index is 324. The van der Waals surface area contributed by atoms with Crippen LogP contribution >= 0.6 is 0 Å². The second kappa shape index (κ2) is 4.61. The summed E-state index contributed by atoms with van der Waals surface area (Å²) in [5.74, 6) is 0. The van der Waals surface area contributed by atoms with Gasteiger partial charge >= 0.3 is 0 Å². The van der Waals surface area contributed by atoms with Gasteiger partial charge in [0, 0.05) is 6.21 Å². The predicted octanol–water partition coefficient (Wildman–Crippen LogP) is 3.50. The number of benzene rings is 1. The number of hydrogen-bond acceptors (Lipinski definition) is 1. The standard InChI is InChI=1S/C12H15N/c1-3-10(2)8-11-6-4-5-7-12(11)9-13/h4-9,13H,3H2,1-2H3/b10-8-,13-9?. The zero-order chi connectivity index (χ0) is 9.68. The maximum absolute atomic E-state index is 7.23. The van der Waals surface area contributed by atoms with Crippen LogP contribution in [0.15, 0.2) is 29.8 Å². The summed E-state index contributed by atoms with van der Waals surface area (Å²) in [5.41, 5.74) is 3.46. The maximum atomic E-state index is 7.23. The minimum absolute atomic E-state index is 0.982. The molecule has 0 bridgehead atoms. The molecule has 0 amide bonds. The van der Waals surface area contributed by atoms with E-state index in [-0.39, 0.29) is 0 Å². The molecular weight excluding hydrogens is 158 g/mol. The highest BCUT2D eigenvalue weighted by Crippen LogP contribution is 2.12. The van der Waals surface area contributed by atoms with Crippen molar-refractivity contribution in [1.82, 2.24) is 0 Å². The van der Waals surface area contributed by atoms with Gasteiger partial charge in [0.15, 0.2) is 0 Å². The van der Waals surface area contributed by atoms with Crippen LogP contribution in [0.3, 0.4) is 0 Å². The molecule has 1 rings (SSSR count). The molecule has 1 heteroatoms. The molecule has 1 aromatic rings. The first-order chi connectivity index (χ1) is 6.27. The Hall–Kier alpha value is -1.37. The van der Waals surface area contributed by atoms with Crippen LogP contribution in [0.1, 0.15) is 31.4 Å². The van der Waals surface area contributed by atoms with E-state index in [9.17, 15) is 0 Å². The minimum Gasteiger partial charge on any atom is -0.308 e. The van der Waals surface area contributed by atoms with Crippen LogP contribution in [-0.2, 0) is 0 Å². The van der Waals surface area contributed by atoms with Crippen LogP contribution < -0.4 is 0 Å². The highest BCUT2D eigenvalue weighted by atomic mass is 14.3. The first kappa shape index (κ1) is 9.72. The summed E-state index contributed by atoms with van der Waals surface area (Å²) >= 11 is 0. The summed E-state index contributed by atoms with van der Waals surface area (Å²) in [6.45, 7) is 4.25. The van der Waals surface area contributed by atoms with Gasteiger partial charge in [0.1, 0.15) is 0 Å². The Balaban J connectivity index is 3.06. The third-order valence-electron chi connectivity index (χ3n) is 2.11. The Kier molecular flexibility index (Phi) is 3.44. The van der Waals surface area contributed by atoms with Gasteiger partial charge in [0.25, 0.3) is 0 Å². The summed E-state index contributed by atoms with van der Waals surface area (Å²) in [6, 6.07) is 7.96. The van der Waals surface area contributed by atoms with Crippen LogP contribution in [-0.4, -0.2) is 6.21 Å². The van der Waals surface area contributed by atoms with Crippen LogP contribution in [0.5, 0.6) is 0 Å². The van der Waals surface area contributed by atoms with Crippen molar-refractivity contribution in [1.29, 1.82) is 5.41 Å². The Morgan fingerprint density at radius 3 is 2.46 bits per heavy atom. The lowest BCUT2D eigenvalue weighted by Crippen LogP contribution is -1.85. The van der Waals surface area contributed by atoms with Gasteiger partial charge in [-0.25, -0.2) is 0 Å². The molecule has 0 radical (unpaired) electrons. The molecule has 0 atom stereocenters. The second-order valence-corrected chi connectivity index (χ2v) is 3.12. The average molecular weight is 173 g/mol. The first-order valence-corrected chi connectivity index (χ1v) is 4.54. The fraction of sp³-hybridized carbons (Fsp3) is 0.250. The quantitative estimate of drug-likeness (QED) is 0.676. The molecular formula is C12H15N. The van der Waals surface area contributed by atoms with Gasteiger partial charge in [-0.1, -0.05) is 42.8 Å². The smallest absolute Gasteiger partial charge is 0.0256 e. The molecule has 0 unspecified atom stereocenters. The molecule has 68 valence electrons. The summed E-state index contributed by atoms with van der Waals surface area (Å²) < 4.78 is 0. The third-order valence-corrected chi connectivity index (χ3v) is 2.11. The molecule has 0 aromatic heterocycles. The highest BCUT2D eigenvalue weighted by Gasteiger charge is 1.94. The van der Waals surface area contributed by atoms with Crippen molar-refractivity contribution in [3.63, 3.8) is 0 Å². The number of hydrogen-bond donors (Lipinski definition) is 1. The van der Waals surface area contributed by atoms with Gasteiger partial charge in [0.05, 0.1) is 0 Å². The topological polar surface area (TPSA) is 23.9 Å². The zero-order valence-electron chi connectivity index (χ0n) is 8.17. The van der Waals surface area contributed by atoms with Gasteiger partial charge in [-0.3, -0.25) is 0 Å². The van der Waals surface area contributed by atoms with Crippen molar-refractivity contribution in [2.24, 2.45) is 0 Å². The summed E-state index contributed by atoms with van der Waals surface area (Å²) in [7, 11) is 0. The number of rotatable bonds is 3. The largest absolute Gasteiger partial charge is 0.308 e. The van der Waals surface area contributed by atoms with E-state index in [1.165, 1.54) is 11.8 Å². The molecule has 0 aliphatic rings. The third kappa shape index (κ3) is 2.55. The van der Waals surface area contributed by atoms with Crippen LogP contribution in [0.25, 0.3) is 6.08 Å². The highest BCUT2D eigenvalue weighted by molar-refractivity contribution is 5.83. The van der Waals surface area contributed by atoms with E-state index in [1.807, 2.05) is 24.3 Å². The van der Waals surface area contributed by atoms with E-state index in [0.717, 1.165) is 17.5 Å². The van der Waals surface area contributed by atoms with E-state index in [0.29, 0.717) is 0 Å². The summed E-state index contributed by atoms with van der Waals surface area (Å²) in [5, 5.41) is 7.23. The molecule has 1 aromatic carbocycles. The molecule has 13 heavy (non-hydrogen) atoms. The molecule has 0 fully saturated rings. The Morgan fingerprint density at radius 2 is 1.92 bits per heavy atom. The van der Waals surface area contributed by atoms with Crippen LogP contribution in [0.2, 0.25) is 0 Å². The molecule has 0 spiro atoms. The zero-order valence-corrected chi connectivity index (χ0v) is 8.17. The fourth-order valence-electron chi connectivity index (χ4n) is 1.14. The van der Waals surface area contributed by atoms with Crippen molar-refractivity contribution in [3.05, 3.63) is 41.0 Å². The van der Waals surface area contributed by atoms with Crippen LogP contribution in [0.4, 0.5) is 0 Å². The van der Waals surface area contributed by atoms with E-state index in [1.54, 1.807) is 0 Å². The molecule has 0 saturated carbocycles. The van der Waals surface area contributed by atoms with Gasteiger partial charge in [0.2, 0.25) is 0 Å². The predicted molar refractivity (Wildman–Crippen MR) is 58.3 cm³/mol. The van der Waals surface area contributed by atoms with Crippen molar-refractivity contribution >= 4 is 12.3 Å². The first-order valence-electron chi connectivity index (χ1n) is 4.54. The molecule has 0 heterocycles. The maximum Gasteiger partial charge on any atom is 0.0256 e. The van der Waals surface area contributed by atoms with E-state index >= 15 is 0 Å². The van der Waals surface area contributed by atoms with Gasteiger partial charge in [-0.15, -0.1) is 0 Å². The molecule has 0 aliphatic heterocycles. The molecule has 1 nitrogen and oxygen atoms in total. The lowest BCUT2D eigenvalue weighted by atomic mass is 10.1. The van der Waals surface area contributed by atoms with Gasteiger partial charge < -0.3 is 5.41 Å².